The molecule has 23 heavy (non-hydrogen) atoms. The first-order valence-electron chi connectivity index (χ1n) is 10.1. The van der Waals surface area contributed by atoms with E-state index in [9.17, 15) is 0 Å². The van der Waals surface area contributed by atoms with Crippen LogP contribution >= 0.6 is 0 Å². The number of hydrogen-bond acceptors (Lipinski definition) is 1. The molecule has 0 fully saturated rings. The van der Waals surface area contributed by atoms with Gasteiger partial charge < -0.3 is 4.74 Å². The monoisotopic (exact) mass is 324 g/mol. The number of methoxy groups -OCH3 is 1. The summed E-state index contributed by atoms with van der Waals surface area (Å²) in [5, 5.41) is 0. The minimum atomic E-state index is 0.393. The third-order valence-electron chi connectivity index (χ3n) is 4.63. The van der Waals surface area contributed by atoms with Crippen molar-refractivity contribution in [3.05, 3.63) is 23.8 Å². The van der Waals surface area contributed by atoms with Gasteiger partial charge in [-0.2, -0.15) is 0 Å². The van der Waals surface area contributed by atoms with Crippen LogP contribution in [0.5, 0.6) is 0 Å². The lowest BCUT2D eigenvalue weighted by molar-refractivity contribution is 0.0807. The topological polar surface area (TPSA) is 9.23 Å². The van der Waals surface area contributed by atoms with Crippen LogP contribution in [0.4, 0.5) is 0 Å². The smallest absolute Gasteiger partial charge is 0.0617 e. The normalized spacial score (nSPS) is 21.1. The Morgan fingerprint density at radius 1 is 1.22 bits per heavy atom. The summed E-state index contributed by atoms with van der Waals surface area (Å²) in [6, 6.07) is 0. The highest BCUT2D eigenvalue weighted by Crippen LogP contribution is 2.36. The van der Waals surface area contributed by atoms with E-state index in [-0.39, 0.29) is 0 Å². The molecule has 1 rings (SSSR count). The van der Waals surface area contributed by atoms with Gasteiger partial charge in [-0.1, -0.05) is 85.1 Å². The fourth-order valence-corrected chi connectivity index (χ4v) is 3.16. The van der Waals surface area contributed by atoms with Gasteiger partial charge >= 0.3 is 0 Å². The van der Waals surface area contributed by atoms with Crippen LogP contribution in [0, 0.1) is 11.8 Å². The molecule has 1 aliphatic carbocycles. The highest BCUT2D eigenvalue weighted by Gasteiger charge is 2.26. The number of hydrogen-bond donors (Lipinski definition) is 0. The largest absolute Gasteiger partial charge is 0.381 e. The Hall–Kier alpha value is -0.560. The first-order chi connectivity index (χ1) is 11.2. The molecule has 0 aromatic rings. The quantitative estimate of drug-likeness (QED) is 0.418. The summed E-state index contributed by atoms with van der Waals surface area (Å²) in [7, 11) is 1.85. The van der Waals surface area contributed by atoms with Crippen molar-refractivity contribution in [1.82, 2.24) is 0 Å². The van der Waals surface area contributed by atoms with Gasteiger partial charge in [0.15, 0.2) is 0 Å². The molecule has 0 radical (unpaired) electrons. The predicted molar refractivity (Wildman–Crippen MR) is 107 cm³/mol. The summed E-state index contributed by atoms with van der Waals surface area (Å²) in [4.78, 5) is 0. The van der Waals surface area contributed by atoms with Crippen LogP contribution in [0.25, 0.3) is 0 Å². The zero-order valence-corrected chi connectivity index (χ0v) is 17.4. The molecule has 3 unspecified atom stereocenters. The third-order valence-corrected chi connectivity index (χ3v) is 4.63. The van der Waals surface area contributed by atoms with Crippen molar-refractivity contribution >= 4 is 0 Å². The van der Waals surface area contributed by atoms with Gasteiger partial charge in [-0.3, -0.25) is 0 Å². The van der Waals surface area contributed by atoms with E-state index in [0.717, 1.165) is 25.2 Å². The van der Waals surface area contributed by atoms with E-state index < -0.39 is 0 Å². The summed E-state index contributed by atoms with van der Waals surface area (Å²) in [5.74, 6) is 1.29. The molecule has 0 aromatic carbocycles. The molecule has 3 atom stereocenters. The van der Waals surface area contributed by atoms with E-state index in [1.54, 1.807) is 5.57 Å². The Labute approximate surface area is 147 Å². The second-order valence-electron chi connectivity index (χ2n) is 5.90. The van der Waals surface area contributed by atoms with Crippen LogP contribution in [0.1, 0.15) is 93.4 Å². The summed E-state index contributed by atoms with van der Waals surface area (Å²) in [5.41, 5.74) is 3.00. The zero-order valence-electron chi connectivity index (χ0n) is 17.4. The molecule has 0 heterocycles. The highest BCUT2D eigenvalue weighted by molar-refractivity contribution is 5.21. The van der Waals surface area contributed by atoms with Crippen molar-refractivity contribution in [3.8, 4) is 0 Å². The molecule has 0 aromatic heterocycles. The standard InChI is InChI=1S/C18H32O.2C2H6/c1-6-9-10-15(8-3)17-11-16(14(4)7-2)12-18(13-17)19-5;2*1-2/h11,15-16,18H,4,6-10,12-13H2,1-3,5H3;2*1-2H3. The molecule has 0 aliphatic heterocycles. The Morgan fingerprint density at radius 2 is 1.83 bits per heavy atom. The molecule has 1 aliphatic rings. The molecule has 0 bridgehead atoms. The van der Waals surface area contributed by atoms with Crippen molar-refractivity contribution < 1.29 is 4.74 Å². The fraction of sp³-hybridized carbons (Fsp3) is 0.818. The van der Waals surface area contributed by atoms with Crippen molar-refractivity contribution in [2.24, 2.45) is 11.8 Å². The average molecular weight is 325 g/mol. The number of rotatable bonds is 8. The van der Waals surface area contributed by atoms with Crippen LogP contribution in [0.3, 0.4) is 0 Å². The molecule has 1 heteroatoms. The minimum Gasteiger partial charge on any atom is -0.381 e. The molecular formula is C22H44O. The molecule has 0 spiro atoms. The van der Waals surface area contributed by atoms with Gasteiger partial charge in [-0.05, 0) is 38.0 Å². The van der Waals surface area contributed by atoms with E-state index in [4.69, 9.17) is 4.74 Å². The van der Waals surface area contributed by atoms with Crippen molar-refractivity contribution in [2.75, 3.05) is 7.11 Å². The van der Waals surface area contributed by atoms with Crippen molar-refractivity contribution in [3.63, 3.8) is 0 Å². The molecule has 0 N–H and O–H groups in total. The fourth-order valence-electron chi connectivity index (χ4n) is 3.16. The van der Waals surface area contributed by atoms with Crippen LogP contribution in [0.15, 0.2) is 23.8 Å². The van der Waals surface area contributed by atoms with Crippen LogP contribution in [0.2, 0.25) is 0 Å². The first-order valence-corrected chi connectivity index (χ1v) is 10.1. The maximum Gasteiger partial charge on any atom is 0.0617 e. The molecule has 1 nitrogen and oxygen atoms in total. The van der Waals surface area contributed by atoms with Crippen molar-refractivity contribution in [2.45, 2.75) is 99.5 Å². The maximum absolute atomic E-state index is 5.66. The van der Waals surface area contributed by atoms with Crippen LogP contribution in [-0.4, -0.2) is 13.2 Å². The number of allylic oxidation sites excluding steroid dienone is 2. The van der Waals surface area contributed by atoms with Gasteiger partial charge in [-0.15, -0.1) is 0 Å². The van der Waals surface area contributed by atoms with Gasteiger partial charge in [0, 0.05) is 13.0 Å². The zero-order chi connectivity index (χ0) is 18.3. The Balaban J connectivity index is 0. The summed E-state index contributed by atoms with van der Waals surface area (Å²) < 4.78 is 5.66. The van der Waals surface area contributed by atoms with Crippen molar-refractivity contribution in [1.29, 1.82) is 0 Å². The van der Waals surface area contributed by atoms with E-state index >= 15 is 0 Å². The second-order valence-corrected chi connectivity index (χ2v) is 5.90. The third kappa shape index (κ3) is 9.35. The van der Waals surface area contributed by atoms with E-state index in [1.165, 1.54) is 31.3 Å². The Kier molecular flexibility index (Phi) is 17.5. The predicted octanol–water partition coefficient (Wildman–Crippen LogP) is 7.57. The molecule has 138 valence electrons. The van der Waals surface area contributed by atoms with Gasteiger partial charge in [0.1, 0.15) is 0 Å². The lowest BCUT2D eigenvalue weighted by atomic mass is 9.77. The van der Waals surface area contributed by atoms with Gasteiger partial charge in [-0.25, -0.2) is 0 Å². The SMILES string of the molecule is C=C(CC)C1C=C(C(CC)CCCC)CC(OC)C1.CC.CC. The first kappa shape index (κ1) is 24.7. The molecule has 0 saturated carbocycles. The van der Waals surface area contributed by atoms with Crippen LogP contribution in [-0.2, 0) is 4.74 Å². The molecule has 0 saturated heterocycles. The van der Waals surface area contributed by atoms with Crippen LogP contribution < -0.4 is 0 Å². The van der Waals surface area contributed by atoms with E-state index in [1.807, 2.05) is 34.8 Å². The molecular weight excluding hydrogens is 280 g/mol. The highest BCUT2D eigenvalue weighted by atomic mass is 16.5. The summed E-state index contributed by atoms with van der Waals surface area (Å²) in [6.07, 6.45) is 11.5. The summed E-state index contributed by atoms with van der Waals surface area (Å²) >= 11 is 0. The molecule has 0 amide bonds. The Morgan fingerprint density at radius 3 is 2.26 bits per heavy atom. The van der Waals surface area contributed by atoms with Gasteiger partial charge in [0.25, 0.3) is 0 Å². The second kappa shape index (κ2) is 16.3. The number of ether oxygens (including phenoxy) is 1. The average Bonchev–Trinajstić information content (AvgIpc) is 2.64. The lowest BCUT2D eigenvalue weighted by Gasteiger charge is -2.32. The van der Waals surface area contributed by atoms with Gasteiger partial charge in [0.2, 0.25) is 0 Å². The maximum atomic E-state index is 5.66. The van der Waals surface area contributed by atoms with E-state index in [2.05, 4.69) is 33.4 Å². The Bertz CT molecular complexity index is 303. The summed E-state index contributed by atoms with van der Waals surface area (Å²) in [6.45, 7) is 19.1. The number of unbranched alkanes of at least 4 members (excludes halogenated alkanes) is 1. The lowest BCUT2D eigenvalue weighted by Crippen LogP contribution is -2.24. The van der Waals surface area contributed by atoms with E-state index in [0.29, 0.717) is 12.0 Å². The minimum absolute atomic E-state index is 0.393. The van der Waals surface area contributed by atoms with Gasteiger partial charge in [0.05, 0.1) is 6.10 Å².